The van der Waals surface area contributed by atoms with E-state index < -0.39 is 5.82 Å². The number of carbonyl (C=O) groups excluding carboxylic acids is 1. The summed E-state index contributed by atoms with van der Waals surface area (Å²) in [6.07, 6.45) is 6.52. The number of nitriles is 1. The van der Waals surface area contributed by atoms with E-state index >= 15 is 4.39 Å². The highest BCUT2D eigenvalue weighted by Crippen LogP contribution is 2.36. The normalized spacial score (nSPS) is 18.5. The van der Waals surface area contributed by atoms with Gasteiger partial charge in [0, 0.05) is 24.7 Å². The van der Waals surface area contributed by atoms with Crippen molar-refractivity contribution in [3.8, 4) is 28.8 Å². The van der Waals surface area contributed by atoms with Crippen molar-refractivity contribution in [2.45, 2.75) is 31.7 Å². The number of hydrogen-bond donors (Lipinski definition) is 1. The molecule has 2 fully saturated rings. The zero-order chi connectivity index (χ0) is 29.9. The molecule has 43 heavy (non-hydrogen) atoms. The summed E-state index contributed by atoms with van der Waals surface area (Å²) in [5.74, 6) is 0.555. The Kier molecular flexibility index (Phi) is 8.03. The van der Waals surface area contributed by atoms with Gasteiger partial charge in [-0.3, -0.25) is 4.79 Å². The number of nitrogens with two attached hydrogens (primary N) is 1. The number of likely N-dealkylation sites (tertiary alicyclic amines) is 2. The Labute approximate surface area is 249 Å². The van der Waals surface area contributed by atoms with Gasteiger partial charge in [0.2, 0.25) is 0 Å². The van der Waals surface area contributed by atoms with E-state index in [1.54, 1.807) is 33.8 Å². The zero-order valence-corrected chi connectivity index (χ0v) is 24.0. The number of hydrogen-bond acceptors (Lipinski definition) is 8. The number of ether oxygens (including phenoxy) is 1. The van der Waals surface area contributed by atoms with E-state index in [-0.39, 0.29) is 34.8 Å². The van der Waals surface area contributed by atoms with Crippen molar-refractivity contribution in [1.29, 1.82) is 5.26 Å². The van der Waals surface area contributed by atoms with Crippen LogP contribution >= 0.6 is 0 Å². The molecule has 2 saturated heterocycles. The lowest BCUT2D eigenvalue weighted by Crippen LogP contribution is -2.41. The standard InChI is InChI=1S/C32H33FN8O2/c1-39-14-11-21(12-15-39)16-22(18-34)32(42)40-13-5-6-23(19-40)41-31-28(30(35)36-20-37-31)29(38-41)26-10-9-25(17-27(26)33)43-24-7-3-2-4-8-24/h2-4,7-10,16-17,20-21,23H,5-6,11-15,19H2,1H3,(H2,35,36,37). The topological polar surface area (TPSA) is 126 Å². The Morgan fingerprint density at radius 1 is 1.09 bits per heavy atom. The molecule has 2 N–H and O–H groups in total. The van der Waals surface area contributed by atoms with E-state index in [1.165, 1.54) is 12.4 Å². The molecule has 0 spiro atoms. The van der Waals surface area contributed by atoms with Gasteiger partial charge in [-0.15, -0.1) is 0 Å². The Morgan fingerprint density at radius 3 is 2.63 bits per heavy atom. The van der Waals surface area contributed by atoms with Gasteiger partial charge in [0.25, 0.3) is 5.91 Å². The molecule has 0 bridgehead atoms. The third kappa shape index (κ3) is 5.92. The highest BCUT2D eigenvalue weighted by molar-refractivity contribution is 5.99. The first-order valence-corrected chi connectivity index (χ1v) is 14.5. The number of amides is 1. The van der Waals surface area contributed by atoms with Gasteiger partial charge < -0.3 is 20.3 Å². The zero-order valence-electron chi connectivity index (χ0n) is 24.0. The number of halogens is 1. The maximum Gasteiger partial charge on any atom is 0.264 e. The van der Waals surface area contributed by atoms with Crippen LogP contribution < -0.4 is 10.5 Å². The molecule has 1 atom stereocenters. The largest absolute Gasteiger partial charge is 0.457 e. The van der Waals surface area contributed by atoms with Crippen LogP contribution in [0.5, 0.6) is 11.5 Å². The van der Waals surface area contributed by atoms with Gasteiger partial charge in [0.1, 0.15) is 46.8 Å². The molecule has 0 radical (unpaired) electrons. The molecule has 10 nitrogen and oxygen atoms in total. The minimum absolute atomic E-state index is 0.187. The summed E-state index contributed by atoms with van der Waals surface area (Å²) in [4.78, 5) is 26.1. The number of rotatable bonds is 6. The minimum Gasteiger partial charge on any atom is -0.457 e. The van der Waals surface area contributed by atoms with Gasteiger partial charge in [-0.1, -0.05) is 24.3 Å². The summed E-state index contributed by atoms with van der Waals surface area (Å²) < 4.78 is 23.1. The van der Waals surface area contributed by atoms with Crippen LogP contribution in [0.15, 0.2) is 66.5 Å². The van der Waals surface area contributed by atoms with E-state index in [0.717, 1.165) is 38.8 Å². The summed E-state index contributed by atoms with van der Waals surface area (Å²) in [5.41, 5.74) is 7.50. The quantitative estimate of drug-likeness (QED) is 0.251. The molecule has 4 heterocycles. The summed E-state index contributed by atoms with van der Waals surface area (Å²) in [7, 11) is 2.08. The van der Waals surface area contributed by atoms with Crippen molar-refractivity contribution < 1.29 is 13.9 Å². The number of carbonyl (C=O) groups is 1. The van der Waals surface area contributed by atoms with E-state index in [4.69, 9.17) is 15.6 Å². The number of allylic oxidation sites excluding steroid dienone is 1. The predicted octanol–water partition coefficient (Wildman–Crippen LogP) is 4.96. The van der Waals surface area contributed by atoms with Crippen molar-refractivity contribution in [3.05, 3.63) is 72.3 Å². The number of nitrogen functional groups attached to an aromatic ring is 1. The molecular weight excluding hydrogens is 547 g/mol. The second-order valence-corrected chi connectivity index (χ2v) is 11.2. The molecule has 220 valence electrons. The molecule has 2 aromatic heterocycles. The van der Waals surface area contributed by atoms with Crippen LogP contribution in [0.2, 0.25) is 0 Å². The summed E-state index contributed by atoms with van der Waals surface area (Å²) >= 11 is 0. The lowest BCUT2D eigenvalue weighted by molar-refractivity contribution is -0.128. The predicted molar refractivity (Wildman–Crippen MR) is 160 cm³/mol. The van der Waals surface area contributed by atoms with Crippen LogP contribution in [0.25, 0.3) is 22.3 Å². The first-order chi connectivity index (χ1) is 20.9. The Bertz CT molecular complexity index is 1710. The van der Waals surface area contributed by atoms with E-state index in [9.17, 15) is 10.1 Å². The Balaban J connectivity index is 1.28. The minimum atomic E-state index is -0.526. The maximum atomic E-state index is 15.6. The number of nitrogens with zero attached hydrogens (tertiary/aromatic N) is 7. The molecule has 2 aliphatic heterocycles. The average Bonchev–Trinajstić information content (AvgIpc) is 3.42. The SMILES string of the molecule is CN1CCC(C=C(C#N)C(=O)N2CCCC(n3nc(-c4ccc(Oc5ccccc5)cc4F)c4c(N)ncnc43)C2)CC1. The van der Waals surface area contributed by atoms with Crippen molar-refractivity contribution in [1.82, 2.24) is 29.5 Å². The van der Waals surface area contributed by atoms with Crippen LogP contribution in [0.3, 0.4) is 0 Å². The molecule has 4 aromatic rings. The molecule has 1 unspecified atom stereocenters. The molecule has 2 aliphatic rings. The van der Waals surface area contributed by atoms with Crippen LogP contribution in [0, 0.1) is 23.1 Å². The Hall–Kier alpha value is -4.82. The van der Waals surface area contributed by atoms with Gasteiger partial charge in [-0.25, -0.2) is 19.0 Å². The Morgan fingerprint density at radius 2 is 1.88 bits per heavy atom. The fourth-order valence-corrected chi connectivity index (χ4v) is 5.91. The van der Waals surface area contributed by atoms with Gasteiger partial charge in [0.05, 0.1) is 11.4 Å². The summed E-state index contributed by atoms with van der Waals surface area (Å²) in [6, 6.07) is 15.7. The van der Waals surface area contributed by atoms with Crippen molar-refractivity contribution in [3.63, 3.8) is 0 Å². The molecule has 1 amide bonds. The fourth-order valence-electron chi connectivity index (χ4n) is 5.91. The highest BCUT2D eigenvalue weighted by Gasteiger charge is 2.31. The third-order valence-electron chi connectivity index (χ3n) is 8.24. The van der Waals surface area contributed by atoms with Crippen LogP contribution in [-0.4, -0.2) is 68.7 Å². The van der Waals surface area contributed by atoms with Gasteiger partial charge in [0.15, 0.2) is 5.65 Å². The number of aromatic nitrogens is 4. The third-order valence-corrected chi connectivity index (χ3v) is 8.24. The summed E-state index contributed by atoms with van der Waals surface area (Å²) in [5, 5.41) is 15.1. The maximum absolute atomic E-state index is 15.6. The molecule has 2 aromatic carbocycles. The fraction of sp³-hybridized carbons (Fsp3) is 0.344. The number of piperidine rings is 2. The number of benzene rings is 2. The van der Waals surface area contributed by atoms with Crippen molar-refractivity contribution in [2.24, 2.45) is 5.92 Å². The summed E-state index contributed by atoms with van der Waals surface area (Å²) in [6.45, 7) is 2.78. The van der Waals surface area contributed by atoms with Gasteiger partial charge in [-0.05, 0) is 76.0 Å². The molecular formula is C32H33FN8O2. The van der Waals surface area contributed by atoms with E-state index in [1.807, 2.05) is 24.3 Å². The molecule has 0 aliphatic carbocycles. The van der Waals surface area contributed by atoms with E-state index in [2.05, 4.69) is 28.0 Å². The lowest BCUT2D eigenvalue weighted by Gasteiger charge is -2.33. The molecule has 11 heteroatoms. The first-order valence-electron chi connectivity index (χ1n) is 14.5. The van der Waals surface area contributed by atoms with Crippen molar-refractivity contribution >= 4 is 22.8 Å². The molecule has 6 rings (SSSR count). The smallest absolute Gasteiger partial charge is 0.264 e. The van der Waals surface area contributed by atoms with Gasteiger partial charge in [-0.2, -0.15) is 10.4 Å². The number of para-hydroxylation sites is 1. The van der Waals surface area contributed by atoms with Crippen LogP contribution in [0.1, 0.15) is 31.7 Å². The van der Waals surface area contributed by atoms with E-state index in [0.29, 0.717) is 41.3 Å². The monoisotopic (exact) mass is 580 g/mol. The second kappa shape index (κ2) is 12.2. The van der Waals surface area contributed by atoms with Crippen molar-refractivity contribution in [2.75, 3.05) is 39.0 Å². The lowest BCUT2D eigenvalue weighted by atomic mass is 9.94. The highest BCUT2D eigenvalue weighted by atomic mass is 19.1. The van der Waals surface area contributed by atoms with Gasteiger partial charge >= 0.3 is 0 Å². The number of anilines is 1. The first kappa shape index (κ1) is 28.3. The second-order valence-electron chi connectivity index (χ2n) is 11.2. The van der Waals surface area contributed by atoms with Crippen LogP contribution in [0.4, 0.5) is 10.2 Å². The van der Waals surface area contributed by atoms with Crippen LogP contribution in [-0.2, 0) is 4.79 Å². The number of fused-ring (bicyclic) bond motifs is 1. The molecule has 0 saturated carbocycles. The average molecular weight is 581 g/mol.